The first-order valence-corrected chi connectivity index (χ1v) is 9.50. The van der Waals surface area contributed by atoms with Gasteiger partial charge in [-0.1, -0.05) is 32.0 Å². The molecule has 23 heavy (non-hydrogen) atoms. The molecule has 0 unspecified atom stereocenters. The summed E-state index contributed by atoms with van der Waals surface area (Å²) in [5.41, 5.74) is 1.02. The maximum absolute atomic E-state index is 12.3. The lowest BCUT2D eigenvalue weighted by Gasteiger charge is -2.21. The van der Waals surface area contributed by atoms with Crippen LogP contribution >= 0.6 is 22.7 Å². The van der Waals surface area contributed by atoms with Crippen LogP contribution in [0.25, 0.3) is 10.2 Å². The average molecular weight is 345 g/mol. The van der Waals surface area contributed by atoms with E-state index in [1.54, 1.807) is 22.7 Å². The van der Waals surface area contributed by atoms with E-state index in [2.05, 4.69) is 41.7 Å². The van der Waals surface area contributed by atoms with Gasteiger partial charge in [0.2, 0.25) is 5.91 Å². The van der Waals surface area contributed by atoms with Crippen LogP contribution in [-0.4, -0.2) is 10.9 Å². The van der Waals surface area contributed by atoms with Gasteiger partial charge in [-0.05, 0) is 29.5 Å². The van der Waals surface area contributed by atoms with Crippen molar-refractivity contribution in [3.8, 4) is 0 Å². The highest BCUT2D eigenvalue weighted by molar-refractivity contribution is 7.18. The molecule has 0 fully saturated rings. The summed E-state index contributed by atoms with van der Waals surface area (Å²) < 4.78 is 1.18. The van der Waals surface area contributed by atoms with Gasteiger partial charge in [0.15, 0.2) is 0 Å². The first-order chi connectivity index (χ1) is 11.1. The number of carbonyl (C=O) groups excluding carboxylic acids is 1. The van der Waals surface area contributed by atoms with E-state index in [0.29, 0.717) is 18.8 Å². The third kappa shape index (κ3) is 3.98. The third-order valence-electron chi connectivity index (χ3n) is 3.74. The van der Waals surface area contributed by atoms with Crippen molar-refractivity contribution in [1.82, 2.24) is 10.3 Å². The fourth-order valence-electron chi connectivity index (χ4n) is 2.53. The van der Waals surface area contributed by atoms with Crippen LogP contribution in [0.1, 0.15) is 36.2 Å². The van der Waals surface area contributed by atoms with E-state index in [-0.39, 0.29) is 11.9 Å². The lowest BCUT2D eigenvalue weighted by Crippen LogP contribution is -2.31. The van der Waals surface area contributed by atoms with Gasteiger partial charge in [0.05, 0.1) is 21.3 Å². The molecular weight excluding hydrogens is 324 g/mol. The summed E-state index contributed by atoms with van der Waals surface area (Å²) in [4.78, 5) is 18.1. The van der Waals surface area contributed by atoms with Gasteiger partial charge in [-0.2, -0.15) is 0 Å². The second kappa shape index (κ2) is 7.23. The van der Waals surface area contributed by atoms with E-state index in [1.165, 1.54) is 9.58 Å². The molecule has 3 nitrogen and oxygen atoms in total. The number of amides is 1. The van der Waals surface area contributed by atoms with Gasteiger partial charge in [-0.3, -0.25) is 4.79 Å². The summed E-state index contributed by atoms with van der Waals surface area (Å²) in [6.07, 6.45) is 1.18. The van der Waals surface area contributed by atoms with Crippen molar-refractivity contribution in [3.63, 3.8) is 0 Å². The number of fused-ring (bicyclic) bond motifs is 1. The Morgan fingerprint density at radius 1 is 1.22 bits per heavy atom. The van der Waals surface area contributed by atoms with E-state index in [9.17, 15) is 4.79 Å². The van der Waals surface area contributed by atoms with Crippen molar-refractivity contribution in [3.05, 3.63) is 51.7 Å². The van der Waals surface area contributed by atoms with E-state index in [1.807, 2.05) is 24.3 Å². The Balaban J connectivity index is 1.60. The van der Waals surface area contributed by atoms with Crippen molar-refractivity contribution in [2.24, 2.45) is 5.92 Å². The standard InChI is InChI=1S/C18H20N2OS2/c1-12(2)18(15-8-5-11-22-15)20-16(21)9-10-17-19-13-6-3-4-7-14(13)23-17/h3-8,11-12,18H,9-10H2,1-2H3,(H,20,21)/t18-/m0/s1. The van der Waals surface area contributed by atoms with Crippen molar-refractivity contribution in [2.75, 3.05) is 0 Å². The monoisotopic (exact) mass is 344 g/mol. The number of aromatic nitrogens is 1. The van der Waals surface area contributed by atoms with Gasteiger partial charge in [0, 0.05) is 17.7 Å². The number of nitrogens with one attached hydrogen (secondary N) is 1. The number of hydrogen-bond acceptors (Lipinski definition) is 4. The predicted molar refractivity (Wildman–Crippen MR) is 98.0 cm³/mol. The molecule has 0 radical (unpaired) electrons. The maximum Gasteiger partial charge on any atom is 0.220 e. The molecule has 3 aromatic rings. The minimum atomic E-state index is 0.0938. The number of hydrogen-bond donors (Lipinski definition) is 1. The number of benzene rings is 1. The Labute approximate surface area is 144 Å². The Hall–Kier alpha value is -1.72. The summed E-state index contributed by atoms with van der Waals surface area (Å²) in [5.74, 6) is 0.469. The predicted octanol–water partition coefficient (Wildman–Crippen LogP) is 4.80. The van der Waals surface area contributed by atoms with Crippen LogP contribution in [0.5, 0.6) is 0 Å². The largest absolute Gasteiger partial charge is 0.348 e. The lowest BCUT2D eigenvalue weighted by molar-refractivity contribution is -0.122. The number of aryl methyl sites for hydroxylation is 1. The van der Waals surface area contributed by atoms with Crippen LogP contribution in [0, 0.1) is 5.92 Å². The van der Waals surface area contributed by atoms with Crippen LogP contribution in [-0.2, 0) is 11.2 Å². The summed E-state index contributed by atoms with van der Waals surface area (Å²) in [6, 6.07) is 12.3. The highest BCUT2D eigenvalue weighted by atomic mass is 32.1. The lowest BCUT2D eigenvalue weighted by atomic mass is 10.0. The Morgan fingerprint density at radius 2 is 2.04 bits per heavy atom. The van der Waals surface area contributed by atoms with E-state index < -0.39 is 0 Å². The SMILES string of the molecule is CC(C)[C@H](NC(=O)CCc1nc2ccccc2s1)c1cccs1. The number of nitrogens with zero attached hydrogens (tertiary/aromatic N) is 1. The van der Waals surface area contributed by atoms with Gasteiger partial charge in [0.25, 0.3) is 0 Å². The van der Waals surface area contributed by atoms with E-state index in [4.69, 9.17) is 0 Å². The van der Waals surface area contributed by atoms with Crippen molar-refractivity contribution < 1.29 is 4.79 Å². The van der Waals surface area contributed by atoms with Crippen molar-refractivity contribution in [2.45, 2.75) is 32.7 Å². The van der Waals surface area contributed by atoms with Crippen molar-refractivity contribution >= 4 is 38.8 Å². The van der Waals surface area contributed by atoms with Gasteiger partial charge in [-0.25, -0.2) is 4.98 Å². The number of rotatable bonds is 6. The smallest absolute Gasteiger partial charge is 0.220 e. The molecule has 0 aliphatic carbocycles. The molecule has 1 amide bonds. The molecule has 0 bridgehead atoms. The average Bonchev–Trinajstić information content (AvgIpc) is 3.19. The maximum atomic E-state index is 12.3. The van der Waals surface area contributed by atoms with Crippen LogP contribution in [0.15, 0.2) is 41.8 Å². The zero-order valence-electron chi connectivity index (χ0n) is 13.3. The highest BCUT2D eigenvalue weighted by Crippen LogP contribution is 2.26. The first-order valence-electron chi connectivity index (χ1n) is 7.80. The molecule has 2 aromatic heterocycles. The molecule has 1 aromatic carbocycles. The second-order valence-corrected chi connectivity index (χ2v) is 7.97. The molecule has 0 spiro atoms. The summed E-state index contributed by atoms with van der Waals surface area (Å²) in [5, 5.41) is 6.25. The first kappa shape index (κ1) is 16.1. The van der Waals surface area contributed by atoms with Crippen LogP contribution in [0.2, 0.25) is 0 Å². The quantitative estimate of drug-likeness (QED) is 0.697. The zero-order chi connectivity index (χ0) is 16.2. The van der Waals surface area contributed by atoms with Crippen LogP contribution < -0.4 is 5.32 Å². The molecule has 1 N–H and O–H groups in total. The number of para-hydroxylation sites is 1. The fraction of sp³-hybridized carbons (Fsp3) is 0.333. The topological polar surface area (TPSA) is 42.0 Å². The summed E-state index contributed by atoms with van der Waals surface area (Å²) in [6.45, 7) is 4.27. The van der Waals surface area contributed by atoms with Gasteiger partial charge < -0.3 is 5.32 Å². The minimum Gasteiger partial charge on any atom is -0.348 e. The minimum absolute atomic E-state index is 0.0938. The highest BCUT2D eigenvalue weighted by Gasteiger charge is 2.19. The second-order valence-electron chi connectivity index (χ2n) is 5.88. The molecule has 1 atom stereocenters. The molecule has 5 heteroatoms. The number of carbonyl (C=O) groups is 1. The molecule has 0 aliphatic rings. The Kier molecular flexibility index (Phi) is 5.08. The molecular formula is C18H20N2OS2. The zero-order valence-corrected chi connectivity index (χ0v) is 14.9. The number of thiazole rings is 1. The molecule has 120 valence electrons. The molecule has 2 heterocycles. The summed E-state index contributed by atoms with van der Waals surface area (Å²) in [7, 11) is 0. The van der Waals surface area contributed by atoms with E-state index >= 15 is 0 Å². The van der Waals surface area contributed by atoms with Crippen LogP contribution in [0.4, 0.5) is 0 Å². The van der Waals surface area contributed by atoms with Crippen molar-refractivity contribution in [1.29, 1.82) is 0 Å². The molecule has 3 rings (SSSR count). The molecule has 0 saturated heterocycles. The fourth-order valence-corrected chi connectivity index (χ4v) is 4.44. The molecule has 0 aliphatic heterocycles. The Morgan fingerprint density at radius 3 is 2.74 bits per heavy atom. The Bertz CT molecular complexity index is 744. The number of thiophene rings is 1. The van der Waals surface area contributed by atoms with Gasteiger partial charge in [0.1, 0.15) is 0 Å². The molecule has 0 saturated carbocycles. The third-order valence-corrected chi connectivity index (χ3v) is 5.79. The summed E-state index contributed by atoms with van der Waals surface area (Å²) >= 11 is 3.37. The van der Waals surface area contributed by atoms with Gasteiger partial charge >= 0.3 is 0 Å². The van der Waals surface area contributed by atoms with Crippen LogP contribution in [0.3, 0.4) is 0 Å². The normalized spacial score (nSPS) is 12.7. The van der Waals surface area contributed by atoms with E-state index in [0.717, 1.165) is 10.5 Å². The van der Waals surface area contributed by atoms with Gasteiger partial charge in [-0.15, -0.1) is 22.7 Å².